The fourth-order valence-electron chi connectivity index (χ4n) is 1.64. The molecule has 1 heterocycles. The Balaban J connectivity index is 2.13. The lowest BCUT2D eigenvalue weighted by molar-refractivity contribution is 0.115. The second-order valence-corrected chi connectivity index (χ2v) is 3.91. The molecule has 14 heavy (non-hydrogen) atoms. The summed E-state index contributed by atoms with van der Waals surface area (Å²) in [6.45, 7) is 7.35. The van der Waals surface area contributed by atoms with Crippen LogP contribution in [0.15, 0.2) is 0 Å². The van der Waals surface area contributed by atoms with Crippen LogP contribution in [0.5, 0.6) is 0 Å². The molecule has 0 aromatic heterocycles. The van der Waals surface area contributed by atoms with Crippen molar-refractivity contribution in [2.45, 2.75) is 19.4 Å². The summed E-state index contributed by atoms with van der Waals surface area (Å²) in [4.78, 5) is 4.51. The minimum atomic E-state index is -0.202. The maximum atomic E-state index is 9.14. The van der Waals surface area contributed by atoms with Gasteiger partial charge in [0.15, 0.2) is 0 Å². The van der Waals surface area contributed by atoms with Crippen LogP contribution in [0.4, 0.5) is 0 Å². The van der Waals surface area contributed by atoms with E-state index in [4.69, 9.17) is 10.4 Å². The van der Waals surface area contributed by atoms with Crippen molar-refractivity contribution in [1.29, 1.82) is 5.26 Å². The maximum absolute atomic E-state index is 9.14. The van der Waals surface area contributed by atoms with E-state index in [2.05, 4.69) is 15.9 Å². The van der Waals surface area contributed by atoms with Crippen molar-refractivity contribution in [3.8, 4) is 6.07 Å². The quantitative estimate of drug-likeness (QED) is 0.639. The summed E-state index contributed by atoms with van der Waals surface area (Å²) in [6.07, 6.45) is 0.644. The molecule has 1 aliphatic heterocycles. The maximum Gasteiger partial charge on any atom is 0.0866 e. The van der Waals surface area contributed by atoms with Crippen LogP contribution in [0.25, 0.3) is 0 Å². The van der Waals surface area contributed by atoms with Crippen LogP contribution in [0.1, 0.15) is 13.3 Å². The second-order valence-electron chi connectivity index (χ2n) is 3.91. The fraction of sp³-hybridized carbons (Fsp3) is 0.900. The highest BCUT2D eigenvalue weighted by Crippen LogP contribution is 2.02. The molecule has 1 saturated heterocycles. The third-order valence-corrected chi connectivity index (χ3v) is 2.62. The summed E-state index contributed by atoms with van der Waals surface area (Å²) >= 11 is 0. The van der Waals surface area contributed by atoms with Crippen LogP contribution in [-0.4, -0.2) is 60.3 Å². The number of rotatable bonds is 4. The highest BCUT2D eigenvalue weighted by Gasteiger charge is 2.15. The predicted molar refractivity (Wildman–Crippen MR) is 54.8 cm³/mol. The molecule has 80 valence electrons. The molecule has 0 aromatic rings. The van der Waals surface area contributed by atoms with E-state index in [1.807, 2.05) is 6.92 Å². The van der Waals surface area contributed by atoms with Gasteiger partial charge in [0.05, 0.1) is 18.7 Å². The minimum absolute atomic E-state index is 0.202. The van der Waals surface area contributed by atoms with Crippen molar-refractivity contribution in [1.82, 2.24) is 9.80 Å². The summed E-state index contributed by atoms with van der Waals surface area (Å²) < 4.78 is 0. The average molecular weight is 197 g/mol. The number of hydrogen-bond donors (Lipinski definition) is 1. The van der Waals surface area contributed by atoms with Gasteiger partial charge in [-0.3, -0.25) is 4.90 Å². The summed E-state index contributed by atoms with van der Waals surface area (Å²) in [6, 6.07) is 2.17. The molecule has 1 fully saturated rings. The van der Waals surface area contributed by atoms with Gasteiger partial charge in [-0.2, -0.15) is 5.26 Å². The molecule has 0 radical (unpaired) electrons. The molecule has 1 atom stereocenters. The van der Waals surface area contributed by atoms with Gasteiger partial charge in [-0.1, -0.05) is 0 Å². The Hall–Kier alpha value is -0.630. The van der Waals surface area contributed by atoms with E-state index in [0.29, 0.717) is 6.54 Å². The second kappa shape index (κ2) is 5.97. The topological polar surface area (TPSA) is 50.5 Å². The fourth-order valence-corrected chi connectivity index (χ4v) is 1.64. The summed E-state index contributed by atoms with van der Waals surface area (Å²) in [5.74, 6) is 0. The van der Waals surface area contributed by atoms with E-state index in [9.17, 15) is 0 Å². The first kappa shape index (κ1) is 11.4. The van der Waals surface area contributed by atoms with Crippen molar-refractivity contribution in [2.24, 2.45) is 0 Å². The molecule has 0 bridgehead atoms. The molecule has 0 aromatic carbocycles. The SMILES string of the molecule is CC(O)CCN1CCN(CC#N)CC1. The molecule has 1 rings (SSSR count). The highest BCUT2D eigenvalue weighted by atomic mass is 16.3. The van der Waals surface area contributed by atoms with Crippen LogP contribution < -0.4 is 0 Å². The van der Waals surface area contributed by atoms with Crippen molar-refractivity contribution in [3.63, 3.8) is 0 Å². The predicted octanol–water partition coefficient (Wildman–Crippen LogP) is -0.102. The molecule has 0 saturated carbocycles. The molecule has 1 N–H and O–H groups in total. The first-order chi connectivity index (χ1) is 6.72. The molecule has 4 heteroatoms. The van der Waals surface area contributed by atoms with E-state index in [1.165, 1.54) is 0 Å². The Morgan fingerprint density at radius 2 is 1.86 bits per heavy atom. The Labute approximate surface area is 85.7 Å². The Bertz CT molecular complexity index is 192. The van der Waals surface area contributed by atoms with E-state index in [0.717, 1.165) is 39.1 Å². The van der Waals surface area contributed by atoms with Crippen molar-refractivity contribution in [3.05, 3.63) is 0 Å². The van der Waals surface area contributed by atoms with E-state index in [1.54, 1.807) is 0 Å². The zero-order valence-electron chi connectivity index (χ0n) is 8.82. The number of hydrogen-bond acceptors (Lipinski definition) is 4. The average Bonchev–Trinajstić information content (AvgIpc) is 2.17. The molecule has 0 aliphatic carbocycles. The van der Waals surface area contributed by atoms with E-state index in [-0.39, 0.29) is 6.10 Å². The third kappa shape index (κ3) is 4.05. The number of nitriles is 1. The van der Waals surface area contributed by atoms with Crippen LogP contribution in [0, 0.1) is 11.3 Å². The lowest BCUT2D eigenvalue weighted by atomic mass is 10.2. The first-order valence-corrected chi connectivity index (χ1v) is 5.22. The largest absolute Gasteiger partial charge is 0.393 e. The third-order valence-electron chi connectivity index (χ3n) is 2.62. The van der Waals surface area contributed by atoms with Gasteiger partial charge in [-0.15, -0.1) is 0 Å². The van der Waals surface area contributed by atoms with Gasteiger partial charge in [0.1, 0.15) is 0 Å². The van der Waals surface area contributed by atoms with E-state index >= 15 is 0 Å². The van der Waals surface area contributed by atoms with Gasteiger partial charge in [0.25, 0.3) is 0 Å². The highest BCUT2D eigenvalue weighted by molar-refractivity contribution is 4.80. The van der Waals surface area contributed by atoms with Gasteiger partial charge in [0.2, 0.25) is 0 Å². The summed E-state index contributed by atoms with van der Waals surface area (Å²) in [5, 5.41) is 17.7. The Kier molecular flexibility index (Phi) is 4.88. The molecule has 4 nitrogen and oxygen atoms in total. The molecule has 0 spiro atoms. The standard InChI is InChI=1S/C10H19N3O/c1-10(14)2-4-12-6-8-13(5-3-11)9-7-12/h10,14H,2,4-9H2,1H3. The number of piperazine rings is 1. The van der Waals surface area contributed by atoms with Gasteiger partial charge < -0.3 is 10.0 Å². The van der Waals surface area contributed by atoms with Gasteiger partial charge in [-0.25, -0.2) is 0 Å². The monoisotopic (exact) mass is 197 g/mol. The van der Waals surface area contributed by atoms with Gasteiger partial charge in [-0.05, 0) is 13.3 Å². The van der Waals surface area contributed by atoms with Crippen LogP contribution >= 0.6 is 0 Å². The van der Waals surface area contributed by atoms with Crippen molar-refractivity contribution >= 4 is 0 Å². The van der Waals surface area contributed by atoms with Gasteiger partial charge >= 0.3 is 0 Å². The Morgan fingerprint density at radius 3 is 2.36 bits per heavy atom. The van der Waals surface area contributed by atoms with Crippen LogP contribution in [-0.2, 0) is 0 Å². The lowest BCUT2D eigenvalue weighted by Gasteiger charge is -2.33. The van der Waals surface area contributed by atoms with Crippen LogP contribution in [0.3, 0.4) is 0 Å². The number of aliphatic hydroxyl groups is 1. The molecule has 1 unspecified atom stereocenters. The summed E-state index contributed by atoms with van der Waals surface area (Å²) in [5.41, 5.74) is 0. The smallest absolute Gasteiger partial charge is 0.0866 e. The molecular weight excluding hydrogens is 178 g/mol. The van der Waals surface area contributed by atoms with Crippen molar-refractivity contribution in [2.75, 3.05) is 39.3 Å². The van der Waals surface area contributed by atoms with Crippen LogP contribution in [0.2, 0.25) is 0 Å². The number of nitrogens with zero attached hydrogens (tertiary/aromatic N) is 3. The first-order valence-electron chi connectivity index (χ1n) is 5.22. The zero-order chi connectivity index (χ0) is 10.4. The van der Waals surface area contributed by atoms with Gasteiger partial charge in [0, 0.05) is 32.7 Å². The molecule has 1 aliphatic rings. The molecular formula is C10H19N3O. The van der Waals surface area contributed by atoms with E-state index < -0.39 is 0 Å². The normalized spacial score (nSPS) is 21.8. The Morgan fingerprint density at radius 1 is 1.29 bits per heavy atom. The lowest BCUT2D eigenvalue weighted by Crippen LogP contribution is -2.46. The summed E-state index contributed by atoms with van der Waals surface area (Å²) in [7, 11) is 0. The van der Waals surface area contributed by atoms with Crippen molar-refractivity contribution < 1.29 is 5.11 Å². The molecule has 0 amide bonds. The zero-order valence-corrected chi connectivity index (χ0v) is 8.82. The minimum Gasteiger partial charge on any atom is -0.393 e. The number of aliphatic hydroxyl groups excluding tert-OH is 1.